The molecule has 1 unspecified atom stereocenters. The van der Waals surface area contributed by atoms with Gasteiger partial charge < -0.3 is 23.8 Å². The maximum atomic E-state index is 13.0. The fraction of sp³-hybridized carbons (Fsp3) is 0.481. The molecule has 0 aliphatic heterocycles. The summed E-state index contributed by atoms with van der Waals surface area (Å²) in [5, 5.41) is 10.9. The molecule has 10 heteroatoms. The third kappa shape index (κ3) is 11.6. The predicted octanol–water partition coefficient (Wildman–Crippen LogP) is 5.77. The number of para-hydroxylation sites is 1. The van der Waals surface area contributed by atoms with Crippen molar-refractivity contribution in [2.75, 3.05) is 19.7 Å². The van der Waals surface area contributed by atoms with E-state index in [9.17, 15) is 19.7 Å². The highest BCUT2D eigenvalue weighted by atomic mass is 16.7. The van der Waals surface area contributed by atoms with Gasteiger partial charge in [-0.1, -0.05) is 30.3 Å². The average Bonchev–Trinajstić information content (AvgIpc) is 2.78. The van der Waals surface area contributed by atoms with E-state index in [1.165, 1.54) is 17.0 Å². The summed E-state index contributed by atoms with van der Waals surface area (Å²) in [6.07, 6.45) is -1.93. The summed E-state index contributed by atoms with van der Waals surface area (Å²) < 4.78 is 22.2. The molecule has 0 saturated heterocycles. The molecule has 37 heavy (non-hydrogen) atoms. The molecular formula is C27H36N2O8. The number of carbonyl (C=O) groups is 2. The zero-order valence-electron chi connectivity index (χ0n) is 22.3. The van der Waals surface area contributed by atoms with Gasteiger partial charge in [0.05, 0.1) is 11.5 Å². The number of hydrogen-bond donors (Lipinski definition) is 0. The van der Waals surface area contributed by atoms with Crippen molar-refractivity contribution in [3.63, 3.8) is 0 Å². The molecule has 1 atom stereocenters. The first-order valence-corrected chi connectivity index (χ1v) is 12.0. The summed E-state index contributed by atoms with van der Waals surface area (Å²) in [6, 6.07) is 15.1. The topological polar surface area (TPSA) is 117 Å². The molecule has 202 valence electrons. The Balaban J connectivity index is 2.20. The Morgan fingerprint density at radius 2 is 1.51 bits per heavy atom. The molecule has 10 nitrogen and oxygen atoms in total. The third-order valence-electron chi connectivity index (χ3n) is 4.72. The lowest BCUT2D eigenvalue weighted by molar-refractivity contribution is -0.384. The molecule has 1 amide bonds. The van der Waals surface area contributed by atoms with E-state index in [1.807, 2.05) is 18.2 Å². The van der Waals surface area contributed by atoms with E-state index in [2.05, 4.69) is 0 Å². The maximum absolute atomic E-state index is 13.0. The molecule has 0 aliphatic rings. The molecular weight excluding hydrogens is 480 g/mol. The third-order valence-corrected chi connectivity index (χ3v) is 4.72. The van der Waals surface area contributed by atoms with Gasteiger partial charge in [-0.25, -0.2) is 9.59 Å². The number of benzene rings is 2. The van der Waals surface area contributed by atoms with Crippen LogP contribution in [0.5, 0.6) is 5.75 Å². The Kier molecular flexibility index (Phi) is 10.3. The largest absolute Gasteiger partial charge is 0.509 e. The molecule has 2 rings (SSSR count). The van der Waals surface area contributed by atoms with E-state index in [1.54, 1.807) is 65.8 Å². The summed E-state index contributed by atoms with van der Waals surface area (Å²) >= 11 is 0. The summed E-state index contributed by atoms with van der Waals surface area (Å²) in [4.78, 5) is 37.4. The molecule has 0 heterocycles. The molecule has 2 aromatic carbocycles. The second-order valence-electron chi connectivity index (χ2n) is 10.4. The van der Waals surface area contributed by atoms with Crippen LogP contribution in [0.15, 0.2) is 54.6 Å². The van der Waals surface area contributed by atoms with Crippen LogP contribution in [0.1, 0.15) is 47.1 Å². The smallest absolute Gasteiger partial charge is 0.490 e. The number of nitro benzene ring substituents is 1. The van der Waals surface area contributed by atoms with Gasteiger partial charge >= 0.3 is 12.2 Å². The first-order chi connectivity index (χ1) is 17.2. The van der Waals surface area contributed by atoms with Crippen LogP contribution in [0, 0.1) is 10.1 Å². The fourth-order valence-corrected chi connectivity index (χ4v) is 3.12. The molecule has 0 aromatic heterocycles. The van der Waals surface area contributed by atoms with Crippen molar-refractivity contribution in [3.05, 3.63) is 70.3 Å². The van der Waals surface area contributed by atoms with Crippen LogP contribution >= 0.6 is 0 Å². The molecule has 0 spiro atoms. The average molecular weight is 517 g/mol. The minimum Gasteiger partial charge on any atom is -0.490 e. The number of ether oxygens (including phenoxy) is 4. The number of rotatable bonds is 10. The highest BCUT2D eigenvalue weighted by Gasteiger charge is 2.28. The van der Waals surface area contributed by atoms with Crippen LogP contribution in [0.2, 0.25) is 0 Å². The standard InChI is InChI=1S/C27H36N2O8/c1-26(2,3)36-24(30)28(17-16-20-12-14-21(15-13-20)29(32)33)18-23(35-25(31)37-27(4,5)6)19-34-22-10-8-7-9-11-22/h7-15,23H,16-19H2,1-6H3. The van der Waals surface area contributed by atoms with Crippen molar-refractivity contribution >= 4 is 17.9 Å². The Hall–Kier alpha value is -3.82. The van der Waals surface area contributed by atoms with Gasteiger partial charge in [-0.2, -0.15) is 0 Å². The minimum absolute atomic E-state index is 0.0170. The van der Waals surface area contributed by atoms with Gasteiger partial charge in [-0.3, -0.25) is 10.1 Å². The van der Waals surface area contributed by atoms with E-state index in [0.717, 1.165) is 5.56 Å². The van der Waals surface area contributed by atoms with E-state index in [0.29, 0.717) is 12.2 Å². The van der Waals surface area contributed by atoms with Crippen LogP contribution in [0.4, 0.5) is 15.3 Å². The highest BCUT2D eigenvalue weighted by molar-refractivity contribution is 5.68. The molecule has 0 N–H and O–H groups in total. The Labute approximate surface area is 217 Å². The quantitative estimate of drug-likeness (QED) is 0.222. The van der Waals surface area contributed by atoms with Gasteiger partial charge in [-0.15, -0.1) is 0 Å². The Bertz CT molecular complexity index is 1030. The SMILES string of the molecule is CC(C)(C)OC(=O)OC(COc1ccccc1)CN(CCc1ccc([N+](=O)[O-])cc1)C(=O)OC(C)(C)C. The molecule has 0 bridgehead atoms. The van der Waals surface area contributed by atoms with Crippen molar-refractivity contribution in [1.29, 1.82) is 0 Å². The predicted molar refractivity (Wildman–Crippen MR) is 138 cm³/mol. The number of nitro groups is 1. The fourth-order valence-electron chi connectivity index (χ4n) is 3.12. The lowest BCUT2D eigenvalue weighted by Crippen LogP contribution is -2.45. The van der Waals surface area contributed by atoms with E-state index < -0.39 is 34.5 Å². The van der Waals surface area contributed by atoms with Gasteiger partial charge in [0, 0.05) is 18.7 Å². The number of nitrogens with zero attached hydrogens (tertiary/aromatic N) is 2. The lowest BCUT2D eigenvalue weighted by atomic mass is 10.1. The number of non-ortho nitro benzene ring substituents is 1. The van der Waals surface area contributed by atoms with E-state index in [4.69, 9.17) is 18.9 Å². The van der Waals surface area contributed by atoms with Crippen molar-refractivity contribution in [1.82, 2.24) is 4.90 Å². The summed E-state index contributed by atoms with van der Waals surface area (Å²) in [7, 11) is 0. The number of hydrogen-bond acceptors (Lipinski definition) is 8. The minimum atomic E-state index is -0.881. The van der Waals surface area contributed by atoms with Crippen LogP contribution in [-0.4, -0.2) is 59.1 Å². The normalized spacial score (nSPS) is 12.3. The first kappa shape index (κ1) is 29.4. The van der Waals surface area contributed by atoms with Crippen molar-refractivity contribution < 1.29 is 33.5 Å². The van der Waals surface area contributed by atoms with E-state index >= 15 is 0 Å². The van der Waals surface area contributed by atoms with Crippen molar-refractivity contribution in [2.45, 2.75) is 65.3 Å². The zero-order valence-corrected chi connectivity index (χ0v) is 22.3. The molecule has 0 aliphatic carbocycles. The maximum Gasteiger partial charge on any atom is 0.509 e. The lowest BCUT2D eigenvalue weighted by Gasteiger charge is -2.30. The van der Waals surface area contributed by atoms with Crippen LogP contribution < -0.4 is 4.74 Å². The van der Waals surface area contributed by atoms with Gasteiger partial charge in [-0.05, 0) is 65.7 Å². The van der Waals surface area contributed by atoms with Crippen LogP contribution in [-0.2, 0) is 20.6 Å². The second kappa shape index (κ2) is 12.9. The van der Waals surface area contributed by atoms with Gasteiger partial charge in [0.25, 0.3) is 5.69 Å². The molecule has 0 radical (unpaired) electrons. The number of carbonyl (C=O) groups excluding carboxylic acids is 2. The number of amides is 1. The molecule has 0 saturated carbocycles. The molecule has 0 fully saturated rings. The second-order valence-corrected chi connectivity index (χ2v) is 10.4. The summed E-state index contributed by atoms with van der Waals surface area (Å²) in [5.74, 6) is 0.579. The monoisotopic (exact) mass is 516 g/mol. The van der Waals surface area contributed by atoms with Crippen LogP contribution in [0.25, 0.3) is 0 Å². The zero-order chi connectivity index (χ0) is 27.6. The summed E-state index contributed by atoms with van der Waals surface area (Å²) in [5.41, 5.74) is -0.728. The summed E-state index contributed by atoms with van der Waals surface area (Å²) in [6.45, 7) is 10.6. The van der Waals surface area contributed by atoms with Gasteiger partial charge in [0.15, 0.2) is 6.10 Å². The van der Waals surface area contributed by atoms with Gasteiger partial charge in [0.1, 0.15) is 23.6 Å². The van der Waals surface area contributed by atoms with Crippen molar-refractivity contribution in [3.8, 4) is 5.75 Å². The highest BCUT2D eigenvalue weighted by Crippen LogP contribution is 2.17. The van der Waals surface area contributed by atoms with Gasteiger partial charge in [0.2, 0.25) is 0 Å². The van der Waals surface area contributed by atoms with E-state index in [-0.39, 0.29) is 25.4 Å². The first-order valence-electron chi connectivity index (χ1n) is 12.0. The molecule has 2 aromatic rings. The Morgan fingerprint density at radius 3 is 2.05 bits per heavy atom. The van der Waals surface area contributed by atoms with Crippen LogP contribution in [0.3, 0.4) is 0 Å². The Morgan fingerprint density at radius 1 is 0.919 bits per heavy atom. The van der Waals surface area contributed by atoms with Crippen molar-refractivity contribution in [2.24, 2.45) is 0 Å².